The van der Waals surface area contributed by atoms with Crippen LogP contribution in [0.4, 0.5) is 0 Å². The van der Waals surface area contributed by atoms with Crippen LogP contribution in [0.1, 0.15) is 40.8 Å². The number of pyridine rings is 1. The highest BCUT2D eigenvalue weighted by atomic mass is 16.5. The lowest BCUT2D eigenvalue weighted by Gasteiger charge is -2.21. The first-order valence-electron chi connectivity index (χ1n) is 7.00. The Balaban J connectivity index is 1.92. The molecule has 0 saturated heterocycles. The zero-order chi connectivity index (χ0) is 13.9. The van der Waals surface area contributed by atoms with Crippen LogP contribution < -0.4 is 0 Å². The highest BCUT2D eigenvalue weighted by molar-refractivity contribution is 5.35. The Morgan fingerprint density at radius 3 is 3.00 bits per heavy atom. The van der Waals surface area contributed by atoms with Gasteiger partial charge in [0.25, 0.3) is 0 Å². The van der Waals surface area contributed by atoms with Gasteiger partial charge >= 0.3 is 0 Å². The third kappa shape index (κ3) is 2.35. The molecule has 0 fully saturated rings. The second-order valence-electron chi connectivity index (χ2n) is 5.27. The Kier molecular flexibility index (Phi) is 3.81. The molecule has 0 aliphatic heterocycles. The molecule has 1 aromatic carbocycles. The van der Waals surface area contributed by atoms with Gasteiger partial charge in [-0.2, -0.15) is 0 Å². The summed E-state index contributed by atoms with van der Waals surface area (Å²) in [4.78, 5) is 4.47. The molecular formula is C17H19NO2. The molecule has 1 aromatic heterocycles. The number of hydrogen-bond acceptors (Lipinski definition) is 3. The molecule has 0 amide bonds. The van der Waals surface area contributed by atoms with E-state index in [9.17, 15) is 5.11 Å². The summed E-state index contributed by atoms with van der Waals surface area (Å²) in [7, 11) is 1.68. The standard InChI is InChI=1S/C17H19NO2/c1-20-11-13-5-2-3-7-14(13)17(19)15-9-8-12-6-4-10-18-16(12)15/h2-7,10,15,17,19H,8-9,11H2,1H3. The van der Waals surface area contributed by atoms with Crippen LogP contribution in [0.25, 0.3) is 0 Å². The van der Waals surface area contributed by atoms with E-state index in [1.165, 1.54) is 5.56 Å². The van der Waals surface area contributed by atoms with Crippen LogP contribution in [0, 0.1) is 0 Å². The average Bonchev–Trinajstić information content (AvgIpc) is 2.91. The number of fused-ring (bicyclic) bond motifs is 1. The first-order chi connectivity index (χ1) is 9.81. The fourth-order valence-corrected chi connectivity index (χ4v) is 3.08. The van der Waals surface area contributed by atoms with Crippen LogP contribution in [0.15, 0.2) is 42.6 Å². The molecule has 3 heteroatoms. The summed E-state index contributed by atoms with van der Waals surface area (Å²) in [6.45, 7) is 0.523. The van der Waals surface area contributed by atoms with Crippen molar-refractivity contribution < 1.29 is 9.84 Å². The van der Waals surface area contributed by atoms with Gasteiger partial charge in [-0.25, -0.2) is 0 Å². The van der Waals surface area contributed by atoms with Crippen molar-refractivity contribution in [1.82, 2.24) is 4.98 Å². The number of rotatable bonds is 4. The zero-order valence-electron chi connectivity index (χ0n) is 11.6. The number of aliphatic hydroxyl groups excluding tert-OH is 1. The monoisotopic (exact) mass is 269 g/mol. The summed E-state index contributed by atoms with van der Waals surface area (Å²) < 4.78 is 5.22. The van der Waals surface area contributed by atoms with E-state index in [1.54, 1.807) is 7.11 Å². The molecule has 20 heavy (non-hydrogen) atoms. The Morgan fingerprint density at radius 2 is 2.15 bits per heavy atom. The summed E-state index contributed by atoms with van der Waals surface area (Å²) in [6.07, 6.45) is 3.24. The summed E-state index contributed by atoms with van der Waals surface area (Å²) in [5.41, 5.74) is 4.32. The number of methoxy groups -OCH3 is 1. The van der Waals surface area contributed by atoms with Crippen LogP contribution in [0.2, 0.25) is 0 Å². The zero-order valence-corrected chi connectivity index (χ0v) is 11.6. The maximum atomic E-state index is 10.8. The van der Waals surface area contributed by atoms with Gasteiger partial charge in [0.05, 0.1) is 12.7 Å². The van der Waals surface area contributed by atoms with E-state index < -0.39 is 6.10 Å². The molecule has 0 bridgehead atoms. The van der Waals surface area contributed by atoms with E-state index in [0.717, 1.165) is 29.7 Å². The van der Waals surface area contributed by atoms with Crippen LogP contribution >= 0.6 is 0 Å². The van der Waals surface area contributed by atoms with Gasteiger partial charge in [0.15, 0.2) is 0 Å². The number of nitrogens with zero attached hydrogens (tertiary/aromatic N) is 1. The number of aromatic nitrogens is 1. The molecule has 104 valence electrons. The number of hydrogen-bond donors (Lipinski definition) is 1. The maximum Gasteiger partial charge on any atom is 0.0877 e. The normalized spacial score (nSPS) is 18.8. The molecule has 3 nitrogen and oxygen atoms in total. The van der Waals surface area contributed by atoms with Crippen molar-refractivity contribution in [2.75, 3.05) is 7.11 Å². The summed E-state index contributed by atoms with van der Waals surface area (Å²) in [6, 6.07) is 12.0. The van der Waals surface area contributed by atoms with Gasteiger partial charge in [-0.05, 0) is 35.6 Å². The molecule has 2 aromatic rings. The van der Waals surface area contributed by atoms with E-state index >= 15 is 0 Å². The molecule has 1 heterocycles. The Bertz CT molecular complexity index is 597. The molecule has 0 radical (unpaired) electrons. The summed E-state index contributed by atoms with van der Waals surface area (Å²) >= 11 is 0. The van der Waals surface area contributed by atoms with Crippen LogP contribution in [0.5, 0.6) is 0 Å². The SMILES string of the molecule is COCc1ccccc1C(O)C1CCc2cccnc21. The van der Waals surface area contributed by atoms with Gasteiger partial charge in [0.1, 0.15) is 0 Å². The summed E-state index contributed by atoms with van der Waals surface area (Å²) in [5.74, 6) is 0.0872. The van der Waals surface area contributed by atoms with Gasteiger partial charge < -0.3 is 9.84 Å². The first kappa shape index (κ1) is 13.3. The van der Waals surface area contributed by atoms with Gasteiger partial charge in [-0.1, -0.05) is 30.3 Å². The van der Waals surface area contributed by atoms with Crippen molar-refractivity contribution in [1.29, 1.82) is 0 Å². The molecule has 0 spiro atoms. The lowest BCUT2D eigenvalue weighted by molar-refractivity contribution is 0.135. The molecule has 2 unspecified atom stereocenters. The fraction of sp³-hybridized carbons (Fsp3) is 0.353. The number of aryl methyl sites for hydroxylation is 1. The first-order valence-corrected chi connectivity index (χ1v) is 7.00. The topological polar surface area (TPSA) is 42.4 Å². The number of benzene rings is 1. The molecule has 2 atom stereocenters. The molecule has 1 aliphatic carbocycles. The van der Waals surface area contributed by atoms with Gasteiger partial charge in [-0.3, -0.25) is 4.98 Å². The molecular weight excluding hydrogens is 250 g/mol. The second-order valence-corrected chi connectivity index (χ2v) is 5.27. The highest BCUT2D eigenvalue weighted by Gasteiger charge is 2.31. The molecule has 1 N–H and O–H groups in total. The van der Waals surface area contributed by atoms with E-state index in [0.29, 0.717) is 6.61 Å². The lowest BCUT2D eigenvalue weighted by atomic mass is 9.90. The highest BCUT2D eigenvalue weighted by Crippen LogP contribution is 2.41. The molecule has 3 rings (SSSR count). The number of aliphatic hydroxyl groups is 1. The quantitative estimate of drug-likeness (QED) is 0.927. The van der Waals surface area contributed by atoms with E-state index in [4.69, 9.17) is 4.74 Å². The van der Waals surface area contributed by atoms with Crippen molar-refractivity contribution in [3.63, 3.8) is 0 Å². The molecule has 0 saturated carbocycles. The van der Waals surface area contributed by atoms with Crippen molar-refractivity contribution in [2.45, 2.75) is 31.5 Å². The van der Waals surface area contributed by atoms with Crippen LogP contribution in [-0.4, -0.2) is 17.2 Å². The average molecular weight is 269 g/mol. The minimum Gasteiger partial charge on any atom is -0.388 e. The Labute approximate surface area is 119 Å². The van der Waals surface area contributed by atoms with Crippen molar-refractivity contribution >= 4 is 0 Å². The van der Waals surface area contributed by atoms with Gasteiger partial charge in [-0.15, -0.1) is 0 Å². The minimum absolute atomic E-state index is 0.0872. The number of ether oxygens (including phenoxy) is 1. The van der Waals surface area contributed by atoms with Gasteiger partial charge in [0, 0.05) is 24.9 Å². The van der Waals surface area contributed by atoms with Crippen LogP contribution in [0.3, 0.4) is 0 Å². The van der Waals surface area contributed by atoms with Crippen molar-refractivity contribution in [3.05, 3.63) is 65.0 Å². The lowest BCUT2D eigenvalue weighted by Crippen LogP contribution is -2.12. The Hall–Kier alpha value is -1.71. The van der Waals surface area contributed by atoms with Crippen LogP contribution in [-0.2, 0) is 17.8 Å². The predicted molar refractivity (Wildman–Crippen MR) is 77.4 cm³/mol. The smallest absolute Gasteiger partial charge is 0.0877 e. The largest absolute Gasteiger partial charge is 0.388 e. The Morgan fingerprint density at radius 1 is 1.30 bits per heavy atom. The van der Waals surface area contributed by atoms with E-state index in [-0.39, 0.29) is 5.92 Å². The van der Waals surface area contributed by atoms with E-state index in [1.807, 2.05) is 36.5 Å². The second kappa shape index (κ2) is 5.73. The molecule has 1 aliphatic rings. The predicted octanol–water partition coefficient (Wildman–Crippen LogP) is 2.99. The van der Waals surface area contributed by atoms with E-state index in [2.05, 4.69) is 11.1 Å². The van der Waals surface area contributed by atoms with Crippen molar-refractivity contribution in [3.8, 4) is 0 Å². The fourth-order valence-electron chi connectivity index (χ4n) is 3.08. The summed E-state index contributed by atoms with van der Waals surface area (Å²) in [5, 5.41) is 10.8. The minimum atomic E-state index is -0.516. The third-order valence-corrected chi connectivity index (χ3v) is 4.06. The maximum absolute atomic E-state index is 10.8. The van der Waals surface area contributed by atoms with Gasteiger partial charge in [0.2, 0.25) is 0 Å². The van der Waals surface area contributed by atoms with Crippen molar-refractivity contribution in [2.24, 2.45) is 0 Å². The third-order valence-electron chi connectivity index (χ3n) is 4.06.